The first-order valence-electron chi connectivity index (χ1n) is 20.0. The zero-order chi connectivity index (χ0) is 46.7. The number of nitrogens with one attached hydrogen (secondary N) is 1. The van der Waals surface area contributed by atoms with Crippen molar-refractivity contribution in [2.45, 2.75) is 147 Å². The number of methoxy groups -OCH3 is 1. The van der Waals surface area contributed by atoms with E-state index >= 15 is 4.79 Å². The van der Waals surface area contributed by atoms with Crippen LogP contribution in [0.25, 0.3) is 0 Å². The summed E-state index contributed by atoms with van der Waals surface area (Å²) >= 11 is 0. The summed E-state index contributed by atoms with van der Waals surface area (Å²) < 4.78 is 82.7. The van der Waals surface area contributed by atoms with Gasteiger partial charge in [0.2, 0.25) is 0 Å². The molecular formula is C42H54F3NO16. The Morgan fingerprint density at radius 3 is 2.23 bits per heavy atom. The van der Waals surface area contributed by atoms with Gasteiger partial charge in [-0.15, -0.1) is 0 Å². The standard InChI is InChI=1S/C42H54F3NO16/c1-11-26(49)59-29-27-19(2)23(58-35(53)28(50)31(42(43,44)45)46-36(54)62-37(4,5)6)17-41(55,38(27,7)8)33(60-34(52)21-13-12-14-22(15-21)56-10)30-39(9,32(29)51)24(48)16-25-40(30,18-57-25)61-20(3)47/h12-15,23-25,28-31,33,48,50,55H,11,16-18H2,1-10H3,(H,46,54)/t23-,24-,25+,28+,29+,30-,31+,33-,39+,40-,41+/m0/s1. The van der Waals surface area contributed by atoms with Gasteiger partial charge in [-0.1, -0.05) is 26.8 Å². The van der Waals surface area contributed by atoms with Crippen LogP contribution in [0.5, 0.6) is 5.75 Å². The third-order valence-electron chi connectivity index (χ3n) is 12.6. The van der Waals surface area contributed by atoms with Gasteiger partial charge in [0.1, 0.15) is 35.3 Å². The molecule has 0 aromatic heterocycles. The highest BCUT2D eigenvalue weighted by Crippen LogP contribution is 2.64. The molecule has 0 radical (unpaired) electrons. The van der Waals surface area contributed by atoms with Crippen molar-refractivity contribution in [2.24, 2.45) is 16.7 Å². The molecule has 344 valence electrons. The summed E-state index contributed by atoms with van der Waals surface area (Å²) in [6, 6.07) is 2.38. The number of Topliss-reactive ketones (excluding diaryl/α,β-unsaturated/α-hetero) is 1. The molecule has 2 bridgehead atoms. The van der Waals surface area contributed by atoms with Crippen LogP contribution in [-0.4, -0.2) is 130 Å². The first kappa shape index (κ1) is 48.2. The molecule has 11 atom stereocenters. The highest BCUT2D eigenvalue weighted by Gasteiger charge is 2.78. The van der Waals surface area contributed by atoms with E-state index in [1.807, 2.05) is 0 Å². The second-order valence-electron chi connectivity index (χ2n) is 17.9. The molecule has 1 heterocycles. The van der Waals surface area contributed by atoms with E-state index in [-0.39, 0.29) is 35.3 Å². The van der Waals surface area contributed by atoms with Crippen LogP contribution in [-0.2, 0) is 47.6 Å². The third kappa shape index (κ3) is 8.37. The second-order valence-corrected chi connectivity index (χ2v) is 17.9. The van der Waals surface area contributed by atoms with Crippen LogP contribution in [0.1, 0.15) is 91.9 Å². The molecule has 0 unspecified atom stereocenters. The summed E-state index contributed by atoms with van der Waals surface area (Å²) in [5, 5.41) is 37.9. The van der Waals surface area contributed by atoms with Gasteiger partial charge in [-0.2, -0.15) is 13.2 Å². The molecule has 1 aromatic carbocycles. The smallest absolute Gasteiger partial charge is 0.411 e. The highest BCUT2D eigenvalue weighted by molar-refractivity contribution is 5.96. The van der Waals surface area contributed by atoms with Crippen LogP contribution in [0, 0.1) is 16.7 Å². The summed E-state index contributed by atoms with van der Waals surface area (Å²) in [7, 11) is 1.34. The van der Waals surface area contributed by atoms with Crippen LogP contribution < -0.4 is 10.1 Å². The lowest BCUT2D eigenvalue weighted by atomic mass is 9.44. The van der Waals surface area contributed by atoms with Gasteiger partial charge in [0, 0.05) is 31.6 Å². The van der Waals surface area contributed by atoms with Crippen LogP contribution in [0.4, 0.5) is 18.0 Å². The summed E-state index contributed by atoms with van der Waals surface area (Å²) in [5.74, 6) is -7.41. The Morgan fingerprint density at radius 1 is 1.05 bits per heavy atom. The quantitative estimate of drug-likeness (QED) is 0.150. The van der Waals surface area contributed by atoms with E-state index in [4.69, 9.17) is 33.2 Å². The number of aliphatic hydroxyl groups excluding tert-OH is 2. The van der Waals surface area contributed by atoms with E-state index in [0.29, 0.717) is 0 Å². The van der Waals surface area contributed by atoms with Crippen molar-refractivity contribution >= 4 is 35.8 Å². The second kappa shape index (κ2) is 16.7. The molecule has 5 rings (SSSR count). The van der Waals surface area contributed by atoms with E-state index in [0.717, 1.165) is 6.92 Å². The molecule has 4 N–H and O–H groups in total. The molecule has 3 aliphatic carbocycles. The average Bonchev–Trinajstić information content (AvgIpc) is 3.16. The molecule has 1 aromatic rings. The number of ether oxygens (including phenoxy) is 7. The molecule has 62 heavy (non-hydrogen) atoms. The number of ketones is 1. The Hall–Kier alpha value is -4.79. The van der Waals surface area contributed by atoms with Crippen molar-refractivity contribution in [3.63, 3.8) is 0 Å². The van der Waals surface area contributed by atoms with Gasteiger partial charge in [0.25, 0.3) is 0 Å². The number of rotatable bonds is 10. The minimum absolute atomic E-state index is 0.115. The van der Waals surface area contributed by atoms with Crippen molar-refractivity contribution in [2.75, 3.05) is 13.7 Å². The molecule has 1 amide bonds. The van der Waals surface area contributed by atoms with E-state index < -0.39 is 131 Å². The fourth-order valence-electron chi connectivity index (χ4n) is 9.36. The van der Waals surface area contributed by atoms with Gasteiger partial charge in [0.15, 0.2) is 29.6 Å². The topological polar surface area (TPSA) is 240 Å². The minimum Gasteiger partial charge on any atom is -0.497 e. The number of fused-ring (bicyclic) bond motifs is 5. The molecule has 2 saturated carbocycles. The first-order chi connectivity index (χ1) is 28.5. The number of amides is 1. The van der Waals surface area contributed by atoms with Crippen LogP contribution in [0.3, 0.4) is 0 Å². The summed E-state index contributed by atoms with van der Waals surface area (Å²) in [6.45, 7) is 11.6. The van der Waals surface area contributed by atoms with Crippen molar-refractivity contribution in [1.29, 1.82) is 0 Å². The zero-order valence-electron chi connectivity index (χ0n) is 36.0. The number of esters is 4. The predicted octanol–water partition coefficient (Wildman–Crippen LogP) is 3.42. The van der Waals surface area contributed by atoms with Crippen molar-refractivity contribution < 1.29 is 90.4 Å². The maximum absolute atomic E-state index is 15.5. The van der Waals surface area contributed by atoms with Crippen molar-refractivity contribution in [1.82, 2.24) is 5.32 Å². The third-order valence-corrected chi connectivity index (χ3v) is 12.6. The molecular weight excluding hydrogens is 831 g/mol. The molecule has 3 fully saturated rings. The number of aliphatic hydroxyl groups is 3. The fraction of sp³-hybridized carbons (Fsp3) is 0.667. The molecule has 17 nitrogen and oxygen atoms in total. The lowest BCUT2D eigenvalue weighted by molar-refractivity contribution is -0.346. The van der Waals surface area contributed by atoms with E-state index in [1.54, 1.807) is 0 Å². The zero-order valence-corrected chi connectivity index (χ0v) is 36.0. The van der Waals surface area contributed by atoms with Crippen molar-refractivity contribution in [3.8, 4) is 5.75 Å². The van der Waals surface area contributed by atoms with Crippen molar-refractivity contribution in [3.05, 3.63) is 41.0 Å². The number of hydrogen-bond acceptors (Lipinski definition) is 16. The Balaban J connectivity index is 1.76. The lowest BCUT2D eigenvalue weighted by Crippen LogP contribution is -2.82. The predicted molar refractivity (Wildman–Crippen MR) is 205 cm³/mol. The monoisotopic (exact) mass is 885 g/mol. The fourth-order valence-corrected chi connectivity index (χ4v) is 9.36. The van der Waals surface area contributed by atoms with E-state index in [1.165, 1.54) is 92.1 Å². The number of carbonyl (C=O) groups excluding carboxylic acids is 6. The number of hydrogen-bond donors (Lipinski definition) is 4. The minimum atomic E-state index is -5.45. The SMILES string of the molecule is CCC(=O)O[C@H]1C(=O)[C@@]2(C)[C@H]([C@H](OC(=O)c3cccc(OC)c3)[C@]3(O)C[C@H](OC(=O)[C@H](O)[C@@H](NC(=O)OC(C)(C)C)C(F)(F)F)C(C)=C1C3(C)C)[C@]1(OC(C)=O)CO[C@@H]1C[C@@H]2O. The Kier molecular flexibility index (Phi) is 13.0. The molecule has 1 saturated heterocycles. The molecule has 0 spiro atoms. The van der Waals surface area contributed by atoms with Gasteiger partial charge in [-0.25, -0.2) is 14.4 Å². The lowest BCUT2D eigenvalue weighted by Gasteiger charge is -2.67. The van der Waals surface area contributed by atoms with Crippen LogP contribution in [0.2, 0.25) is 0 Å². The van der Waals surface area contributed by atoms with Gasteiger partial charge in [-0.05, 0) is 64.0 Å². The first-order valence-corrected chi connectivity index (χ1v) is 20.0. The summed E-state index contributed by atoms with van der Waals surface area (Å²) in [5.41, 5.74) is -10.4. The van der Waals surface area contributed by atoms with Crippen LogP contribution >= 0.6 is 0 Å². The van der Waals surface area contributed by atoms with E-state index in [9.17, 15) is 52.5 Å². The van der Waals surface area contributed by atoms with Gasteiger partial charge >= 0.3 is 36.1 Å². The molecule has 4 aliphatic rings. The summed E-state index contributed by atoms with van der Waals surface area (Å²) in [4.78, 5) is 82.1. The number of carbonyl (C=O) groups is 6. The Morgan fingerprint density at radius 2 is 1.69 bits per heavy atom. The van der Waals surface area contributed by atoms with E-state index in [2.05, 4.69) is 0 Å². The molecule has 20 heteroatoms. The normalized spacial score (nSPS) is 32.5. The number of alkyl carbamates (subject to hydrolysis) is 1. The Bertz CT molecular complexity index is 2010. The molecule has 1 aliphatic heterocycles. The Labute approximate surface area is 355 Å². The largest absolute Gasteiger partial charge is 0.497 e. The maximum Gasteiger partial charge on any atom is 0.411 e. The maximum atomic E-state index is 15.5. The number of benzene rings is 1. The van der Waals surface area contributed by atoms with Gasteiger partial charge in [0.05, 0.1) is 36.7 Å². The highest BCUT2D eigenvalue weighted by atomic mass is 19.4. The van der Waals surface area contributed by atoms with Gasteiger partial charge in [-0.3, -0.25) is 14.4 Å². The number of alkyl halides is 3. The average molecular weight is 886 g/mol. The van der Waals surface area contributed by atoms with Gasteiger partial charge < -0.3 is 53.8 Å². The summed E-state index contributed by atoms with van der Waals surface area (Å²) in [6.07, 6.45) is -20.4. The van der Waals surface area contributed by atoms with Crippen LogP contribution in [0.15, 0.2) is 35.4 Å². The number of halogens is 3.